The highest BCUT2D eigenvalue weighted by atomic mass is 16.2. The molecule has 0 aliphatic heterocycles. The summed E-state index contributed by atoms with van der Waals surface area (Å²) in [6.45, 7) is 10.3. The molecule has 0 fully saturated rings. The Balaban J connectivity index is 2.41. The number of aromatic nitrogens is 1. The van der Waals surface area contributed by atoms with Crippen molar-refractivity contribution >= 4 is 11.6 Å². The molecule has 0 saturated carbocycles. The van der Waals surface area contributed by atoms with Gasteiger partial charge in [0.2, 0.25) is 0 Å². The van der Waals surface area contributed by atoms with Crippen LogP contribution in [0.3, 0.4) is 0 Å². The topological polar surface area (TPSA) is 33.2 Å². The maximum atomic E-state index is 12.8. The number of amides is 1. The molecule has 1 aromatic carbocycles. The van der Waals surface area contributed by atoms with E-state index in [1.807, 2.05) is 57.2 Å². The quantitative estimate of drug-likeness (QED) is 0.795. The minimum atomic E-state index is -0.0557. The van der Waals surface area contributed by atoms with E-state index in [4.69, 9.17) is 0 Å². The van der Waals surface area contributed by atoms with Gasteiger partial charge in [-0.3, -0.25) is 9.78 Å². The lowest BCUT2D eigenvalue weighted by Crippen LogP contribution is -2.33. The van der Waals surface area contributed by atoms with Crippen LogP contribution in [0, 0.1) is 13.8 Å². The average Bonchev–Trinajstić information content (AvgIpc) is 2.45. The third-order valence-electron chi connectivity index (χ3n) is 3.24. The average molecular weight is 280 g/mol. The molecule has 2 rings (SSSR count). The van der Waals surface area contributed by atoms with Crippen LogP contribution in [-0.4, -0.2) is 17.4 Å². The minimum Gasteiger partial charge on any atom is -0.304 e. The number of pyridine rings is 1. The second-order valence-corrected chi connectivity index (χ2v) is 5.32. The van der Waals surface area contributed by atoms with Crippen molar-refractivity contribution in [2.75, 3.05) is 11.4 Å². The Hall–Kier alpha value is -2.42. The summed E-state index contributed by atoms with van der Waals surface area (Å²) in [5.74, 6) is -0.0557. The van der Waals surface area contributed by atoms with Crippen LogP contribution in [0.4, 0.5) is 5.69 Å². The van der Waals surface area contributed by atoms with Crippen LogP contribution in [0.15, 0.2) is 54.7 Å². The number of rotatable bonds is 4. The molecule has 0 bridgehead atoms. The van der Waals surface area contributed by atoms with Gasteiger partial charge >= 0.3 is 0 Å². The number of carbonyl (C=O) groups excluding carboxylic acids is 1. The number of benzene rings is 1. The van der Waals surface area contributed by atoms with Gasteiger partial charge in [0.1, 0.15) is 0 Å². The van der Waals surface area contributed by atoms with Gasteiger partial charge in [0.25, 0.3) is 5.91 Å². The molecule has 108 valence electrons. The van der Waals surface area contributed by atoms with Crippen molar-refractivity contribution in [3.63, 3.8) is 0 Å². The van der Waals surface area contributed by atoms with Crippen molar-refractivity contribution < 1.29 is 4.79 Å². The van der Waals surface area contributed by atoms with E-state index < -0.39 is 0 Å². The fourth-order valence-corrected chi connectivity index (χ4v) is 2.15. The van der Waals surface area contributed by atoms with Crippen molar-refractivity contribution in [2.45, 2.75) is 20.8 Å². The van der Waals surface area contributed by atoms with Crippen molar-refractivity contribution in [1.29, 1.82) is 0 Å². The Morgan fingerprint density at radius 2 is 1.90 bits per heavy atom. The van der Waals surface area contributed by atoms with Gasteiger partial charge in [-0.2, -0.15) is 0 Å². The van der Waals surface area contributed by atoms with E-state index in [0.717, 1.165) is 22.5 Å². The Kier molecular flexibility index (Phi) is 4.53. The van der Waals surface area contributed by atoms with Crippen LogP contribution < -0.4 is 4.90 Å². The first-order chi connectivity index (χ1) is 9.99. The monoisotopic (exact) mass is 280 g/mol. The summed E-state index contributed by atoms with van der Waals surface area (Å²) in [4.78, 5) is 18.8. The van der Waals surface area contributed by atoms with Crippen molar-refractivity contribution in [2.24, 2.45) is 0 Å². The molecule has 1 aromatic heterocycles. The molecule has 3 nitrogen and oxygen atoms in total. The zero-order chi connectivity index (χ0) is 15.4. The molecular formula is C18H20N2O. The Morgan fingerprint density at radius 3 is 2.48 bits per heavy atom. The maximum Gasteiger partial charge on any atom is 0.260 e. The first-order valence-corrected chi connectivity index (χ1v) is 6.93. The van der Waals surface area contributed by atoms with E-state index in [2.05, 4.69) is 11.6 Å². The molecule has 0 spiro atoms. The Labute approximate surface area is 125 Å². The summed E-state index contributed by atoms with van der Waals surface area (Å²) >= 11 is 0. The summed E-state index contributed by atoms with van der Waals surface area (Å²) in [5.41, 5.74) is 4.39. The number of aryl methyl sites for hydroxylation is 2. The zero-order valence-corrected chi connectivity index (χ0v) is 12.8. The van der Waals surface area contributed by atoms with E-state index in [9.17, 15) is 4.79 Å². The lowest BCUT2D eigenvalue weighted by atomic mass is 10.1. The highest BCUT2D eigenvalue weighted by Gasteiger charge is 2.19. The number of carbonyl (C=O) groups is 1. The molecule has 21 heavy (non-hydrogen) atoms. The van der Waals surface area contributed by atoms with E-state index in [0.29, 0.717) is 12.1 Å². The molecule has 1 heterocycles. The van der Waals surface area contributed by atoms with Gasteiger partial charge in [0.05, 0.1) is 5.56 Å². The zero-order valence-electron chi connectivity index (χ0n) is 12.8. The van der Waals surface area contributed by atoms with Crippen LogP contribution in [0.5, 0.6) is 0 Å². The van der Waals surface area contributed by atoms with Crippen LogP contribution >= 0.6 is 0 Å². The van der Waals surface area contributed by atoms with E-state index in [-0.39, 0.29) is 5.91 Å². The fraction of sp³-hybridized carbons (Fsp3) is 0.222. The molecule has 0 N–H and O–H groups in total. The van der Waals surface area contributed by atoms with Crippen LogP contribution in [-0.2, 0) is 0 Å². The maximum absolute atomic E-state index is 12.8. The predicted octanol–water partition coefficient (Wildman–Crippen LogP) is 3.92. The molecule has 0 aliphatic carbocycles. The first kappa shape index (κ1) is 15.0. The predicted molar refractivity (Wildman–Crippen MR) is 86.6 cm³/mol. The van der Waals surface area contributed by atoms with E-state index >= 15 is 0 Å². The second kappa shape index (κ2) is 6.35. The van der Waals surface area contributed by atoms with E-state index in [1.165, 1.54) is 0 Å². The van der Waals surface area contributed by atoms with Gasteiger partial charge in [-0.1, -0.05) is 30.4 Å². The van der Waals surface area contributed by atoms with Gasteiger partial charge < -0.3 is 4.90 Å². The number of anilines is 1. The normalized spacial score (nSPS) is 10.2. The summed E-state index contributed by atoms with van der Waals surface area (Å²) < 4.78 is 0. The van der Waals surface area contributed by atoms with Crippen LogP contribution in [0.2, 0.25) is 0 Å². The standard InChI is InChI=1S/C18H20N2O/c1-13(2)12-20(17-8-6-5-7-14(17)3)18(21)16-10-9-15(4)19-11-16/h5-11H,1,12H2,2-4H3. The summed E-state index contributed by atoms with van der Waals surface area (Å²) in [6.07, 6.45) is 1.63. The first-order valence-electron chi connectivity index (χ1n) is 6.93. The third kappa shape index (κ3) is 3.57. The second-order valence-electron chi connectivity index (χ2n) is 5.32. The van der Waals surface area contributed by atoms with Gasteiger partial charge in [-0.25, -0.2) is 0 Å². The number of para-hydroxylation sites is 1. The number of hydrogen-bond acceptors (Lipinski definition) is 2. The lowest BCUT2D eigenvalue weighted by molar-refractivity contribution is 0.0988. The molecule has 0 radical (unpaired) electrons. The fourth-order valence-electron chi connectivity index (χ4n) is 2.15. The van der Waals surface area contributed by atoms with Gasteiger partial charge in [-0.05, 0) is 44.5 Å². The number of nitrogens with zero attached hydrogens (tertiary/aromatic N) is 2. The summed E-state index contributed by atoms with van der Waals surface area (Å²) in [6, 6.07) is 11.5. The molecule has 0 aliphatic rings. The molecule has 2 aromatic rings. The van der Waals surface area contributed by atoms with Crippen LogP contribution in [0.25, 0.3) is 0 Å². The van der Waals surface area contributed by atoms with Crippen LogP contribution in [0.1, 0.15) is 28.5 Å². The van der Waals surface area contributed by atoms with Crippen molar-refractivity contribution in [3.8, 4) is 0 Å². The molecule has 0 atom stereocenters. The summed E-state index contributed by atoms with van der Waals surface area (Å²) in [5, 5.41) is 0. The molecule has 1 amide bonds. The smallest absolute Gasteiger partial charge is 0.260 e. The molecule has 3 heteroatoms. The Morgan fingerprint density at radius 1 is 1.19 bits per heavy atom. The van der Waals surface area contributed by atoms with E-state index in [1.54, 1.807) is 11.1 Å². The van der Waals surface area contributed by atoms with Gasteiger partial charge in [0.15, 0.2) is 0 Å². The molecule has 0 unspecified atom stereocenters. The SMILES string of the molecule is C=C(C)CN(C(=O)c1ccc(C)nc1)c1ccccc1C. The highest BCUT2D eigenvalue weighted by Crippen LogP contribution is 2.22. The largest absolute Gasteiger partial charge is 0.304 e. The summed E-state index contributed by atoms with van der Waals surface area (Å²) in [7, 11) is 0. The van der Waals surface area contributed by atoms with Gasteiger partial charge in [-0.15, -0.1) is 0 Å². The highest BCUT2D eigenvalue weighted by molar-refractivity contribution is 6.06. The van der Waals surface area contributed by atoms with Gasteiger partial charge in [0, 0.05) is 24.1 Å². The third-order valence-corrected chi connectivity index (χ3v) is 3.24. The minimum absolute atomic E-state index is 0.0557. The lowest BCUT2D eigenvalue weighted by Gasteiger charge is -2.24. The van der Waals surface area contributed by atoms with Crippen molar-refractivity contribution in [3.05, 3.63) is 71.6 Å². The molecular weight excluding hydrogens is 260 g/mol. The Bertz CT molecular complexity index is 659. The number of hydrogen-bond donors (Lipinski definition) is 0. The molecule has 0 saturated heterocycles. The van der Waals surface area contributed by atoms with Crippen molar-refractivity contribution in [1.82, 2.24) is 4.98 Å².